The predicted molar refractivity (Wildman–Crippen MR) is 377 cm³/mol. The summed E-state index contributed by atoms with van der Waals surface area (Å²) < 4.78 is 68.5. The average Bonchev–Trinajstić information content (AvgIpc) is 3.73. The number of phosphoric ester groups is 2. The van der Waals surface area contributed by atoms with Crippen molar-refractivity contribution < 1.29 is 80.2 Å². The van der Waals surface area contributed by atoms with Crippen LogP contribution in [0.2, 0.25) is 0 Å². The molecule has 0 heterocycles. The first-order valence-corrected chi connectivity index (χ1v) is 41.5. The van der Waals surface area contributed by atoms with Crippen LogP contribution in [0.1, 0.15) is 382 Å². The summed E-state index contributed by atoms with van der Waals surface area (Å²) >= 11 is 0. The van der Waals surface area contributed by atoms with Gasteiger partial charge in [-0.15, -0.1) is 0 Å². The van der Waals surface area contributed by atoms with Crippen molar-refractivity contribution in [1.82, 2.24) is 0 Å². The molecule has 93 heavy (non-hydrogen) atoms. The Kier molecular flexibility index (Phi) is 64.6. The van der Waals surface area contributed by atoms with Gasteiger partial charge in [-0.1, -0.05) is 330 Å². The highest BCUT2D eigenvalue weighted by Crippen LogP contribution is 2.45. The molecule has 0 rings (SSSR count). The molecule has 17 nitrogen and oxygen atoms in total. The zero-order chi connectivity index (χ0) is 68.6. The maximum atomic E-state index is 13.1. The van der Waals surface area contributed by atoms with Crippen LogP contribution in [-0.4, -0.2) is 96.7 Å². The molecule has 0 fully saturated rings. The van der Waals surface area contributed by atoms with Crippen molar-refractivity contribution in [2.75, 3.05) is 39.6 Å². The molecule has 0 radical (unpaired) electrons. The summed E-state index contributed by atoms with van der Waals surface area (Å²) in [6, 6.07) is 0. The zero-order valence-corrected chi connectivity index (χ0v) is 62.3. The topological polar surface area (TPSA) is 237 Å². The first-order chi connectivity index (χ1) is 44.9. The highest BCUT2D eigenvalue weighted by Gasteiger charge is 2.30. The van der Waals surface area contributed by atoms with E-state index in [1.54, 1.807) is 0 Å². The van der Waals surface area contributed by atoms with E-state index in [0.717, 1.165) is 102 Å². The van der Waals surface area contributed by atoms with Gasteiger partial charge in [-0.25, -0.2) is 9.13 Å². The molecule has 0 aliphatic carbocycles. The van der Waals surface area contributed by atoms with Gasteiger partial charge in [0, 0.05) is 25.7 Å². The van der Waals surface area contributed by atoms with Crippen molar-refractivity contribution >= 4 is 39.5 Å². The first-order valence-electron chi connectivity index (χ1n) is 38.5. The fourth-order valence-electron chi connectivity index (χ4n) is 11.3. The van der Waals surface area contributed by atoms with Crippen LogP contribution in [-0.2, 0) is 65.4 Å². The Labute approximate surface area is 568 Å². The van der Waals surface area contributed by atoms with Gasteiger partial charge in [-0.2, -0.15) is 0 Å². The molecule has 0 aromatic rings. The maximum absolute atomic E-state index is 13.1. The molecular formula is C74H144O17P2. The minimum Gasteiger partial charge on any atom is -0.462 e. The van der Waals surface area contributed by atoms with Crippen molar-refractivity contribution in [2.24, 2.45) is 11.8 Å². The Balaban J connectivity index is 5.25. The number of hydrogen-bond acceptors (Lipinski definition) is 15. The summed E-state index contributed by atoms with van der Waals surface area (Å²) in [6.07, 6.45) is 52.6. The normalized spacial score (nSPS) is 14.3. The number of carbonyl (C=O) groups is 4. The number of carbonyl (C=O) groups excluding carboxylic acids is 4. The molecule has 0 aromatic carbocycles. The number of unbranched alkanes of at least 4 members (excludes halogenated alkanes) is 42. The van der Waals surface area contributed by atoms with Crippen molar-refractivity contribution in [2.45, 2.75) is 400 Å². The largest absolute Gasteiger partial charge is 0.472 e. The van der Waals surface area contributed by atoms with Crippen LogP contribution >= 0.6 is 15.6 Å². The van der Waals surface area contributed by atoms with E-state index in [4.69, 9.17) is 37.0 Å². The van der Waals surface area contributed by atoms with Crippen LogP contribution in [0.5, 0.6) is 0 Å². The van der Waals surface area contributed by atoms with Crippen molar-refractivity contribution in [3.8, 4) is 0 Å². The SMILES string of the molecule is CCCCCCCCCCCCCCCCCCCC(=O)O[C@H](COC(=O)CCCCCCCCCCCC(C)C)COP(=O)(O)OC[C@@H](O)COP(=O)(O)OC[C@@H](COC(=O)CCCCCCCCCCCCCC)OC(=O)CCCCCCCCCCC(C)CC. The lowest BCUT2D eigenvalue weighted by Gasteiger charge is -2.21. The van der Waals surface area contributed by atoms with E-state index >= 15 is 0 Å². The van der Waals surface area contributed by atoms with Crippen LogP contribution in [0.3, 0.4) is 0 Å². The minimum absolute atomic E-state index is 0.105. The summed E-state index contributed by atoms with van der Waals surface area (Å²) in [4.78, 5) is 72.7. The Hall–Kier alpha value is -1.94. The molecule has 6 atom stereocenters. The summed E-state index contributed by atoms with van der Waals surface area (Å²) in [6.45, 7) is 9.56. The Morgan fingerprint density at radius 2 is 0.548 bits per heavy atom. The lowest BCUT2D eigenvalue weighted by atomic mass is 9.99. The van der Waals surface area contributed by atoms with E-state index in [1.807, 2.05) is 0 Å². The van der Waals surface area contributed by atoms with Crippen LogP contribution in [0.15, 0.2) is 0 Å². The van der Waals surface area contributed by atoms with E-state index in [1.165, 1.54) is 199 Å². The molecule has 0 amide bonds. The summed E-state index contributed by atoms with van der Waals surface area (Å²) in [5, 5.41) is 10.6. The predicted octanol–water partition coefficient (Wildman–Crippen LogP) is 21.6. The van der Waals surface area contributed by atoms with E-state index in [9.17, 15) is 43.2 Å². The van der Waals surface area contributed by atoms with E-state index < -0.39 is 97.5 Å². The quantitative estimate of drug-likeness (QED) is 0.0222. The second-order valence-electron chi connectivity index (χ2n) is 27.4. The van der Waals surface area contributed by atoms with Gasteiger partial charge >= 0.3 is 39.5 Å². The third-order valence-electron chi connectivity index (χ3n) is 17.6. The number of ether oxygens (including phenoxy) is 4. The third-order valence-corrected chi connectivity index (χ3v) is 19.5. The van der Waals surface area contributed by atoms with Gasteiger partial charge in [0.15, 0.2) is 12.2 Å². The minimum atomic E-state index is -4.95. The van der Waals surface area contributed by atoms with Gasteiger partial charge in [0.2, 0.25) is 0 Å². The fourth-order valence-corrected chi connectivity index (χ4v) is 12.8. The molecule has 0 saturated heterocycles. The number of aliphatic hydroxyl groups excluding tert-OH is 1. The van der Waals surface area contributed by atoms with Crippen molar-refractivity contribution in [1.29, 1.82) is 0 Å². The molecule has 0 bridgehead atoms. The van der Waals surface area contributed by atoms with Crippen LogP contribution in [0.25, 0.3) is 0 Å². The lowest BCUT2D eigenvalue weighted by molar-refractivity contribution is -0.161. The standard InChI is InChI=1S/C74H144O17P2/c1-7-10-12-14-16-18-20-22-23-24-25-26-28-32-40-46-52-58-73(78)90-69(62-85-72(77)57-51-45-39-33-29-30-36-42-48-54-66(4)5)64-88-92(80,81)86-60-68(75)61-87-93(82,83)89-65-70(91-74(79)59-53-47-41-35-34-37-43-49-55-67(6)9-3)63-84-71(76)56-50-44-38-31-27-21-19-17-15-13-11-8-2/h66-70,75H,7-65H2,1-6H3,(H,80,81)(H,82,83)/t67?,68-,69-,70-/m1/s1. The van der Waals surface area contributed by atoms with E-state index in [0.29, 0.717) is 25.7 Å². The van der Waals surface area contributed by atoms with Crippen molar-refractivity contribution in [3.05, 3.63) is 0 Å². The zero-order valence-electron chi connectivity index (χ0n) is 60.6. The molecule has 19 heteroatoms. The maximum Gasteiger partial charge on any atom is 0.472 e. The van der Waals surface area contributed by atoms with Crippen LogP contribution < -0.4 is 0 Å². The van der Waals surface area contributed by atoms with Gasteiger partial charge in [0.1, 0.15) is 19.3 Å². The van der Waals surface area contributed by atoms with E-state index in [-0.39, 0.29) is 25.7 Å². The molecule has 552 valence electrons. The molecular weight excluding hydrogens is 1220 g/mol. The second-order valence-corrected chi connectivity index (χ2v) is 30.3. The van der Waals surface area contributed by atoms with Crippen LogP contribution in [0.4, 0.5) is 0 Å². The smallest absolute Gasteiger partial charge is 0.462 e. The summed E-state index contributed by atoms with van der Waals surface area (Å²) in [5.41, 5.74) is 0. The third kappa shape index (κ3) is 67.0. The molecule has 0 aliphatic heterocycles. The van der Waals surface area contributed by atoms with Crippen molar-refractivity contribution in [3.63, 3.8) is 0 Å². The average molecular weight is 1370 g/mol. The number of phosphoric acid groups is 2. The van der Waals surface area contributed by atoms with Gasteiger partial charge in [-0.05, 0) is 37.5 Å². The monoisotopic (exact) mass is 1370 g/mol. The molecule has 0 aliphatic rings. The van der Waals surface area contributed by atoms with Gasteiger partial charge in [-0.3, -0.25) is 37.3 Å². The van der Waals surface area contributed by atoms with Gasteiger partial charge in [0.25, 0.3) is 0 Å². The number of hydrogen-bond donors (Lipinski definition) is 3. The Morgan fingerprint density at radius 1 is 0.312 bits per heavy atom. The first kappa shape index (κ1) is 91.1. The summed E-state index contributed by atoms with van der Waals surface area (Å²) in [5.74, 6) is -0.605. The molecule has 0 saturated carbocycles. The highest BCUT2D eigenvalue weighted by atomic mass is 31.2. The highest BCUT2D eigenvalue weighted by molar-refractivity contribution is 7.47. The number of esters is 4. The molecule has 3 N–H and O–H groups in total. The Bertz CT molecular complexity index is 1810. The number of aliphatic hydroxyl groups is 1. The fraction of sp³-hybridized carbons (Fsp3) is 0.946. The summed E-state index contributed by atoms with van der Waals surface area (Å²) in [7, 11) is -9.91. The van der Waals surface area contributed by atoms with Gasteiger partial charge < -0.3 is 33.8 Å². The second kappa shape index (κ2) is 66.0. The Morgan fingerprint density at radius 3 is 0.817 bits per heavy atom. The van der Waals surface area contributed by atoms with E-state index in [2.05, 4.69) is 41.5 Å². The number of rotatable bonds is 73. The van der Waals surface area contributed by atoms with Gasteiger partial charge in [0.05, 0.1) is 26.4 Å². The van der Waals surface area contributed by atoms with Crippen LogP contribution in [0, 0.1) is 11.8 Å². The lowest BCUT2D eigenvalue weighted by Crippen LogP contribution is -2.30. The molecule has 3 unspecified atom stereocenters. The molecule has 0 aromatic heterocycles. The molecule has 0 spiro atoms.